The number of hydrogen-bond donors (Lipinski definition) is 0. The molecule has 0 aliphatic heterocycles. The summed E-state index contributed by atoms with van der Waals surface area (Å²) in [4.78, 5) is 0. The molecule has 0 spiro atoms. The summed E-state index contributed by atoms with van der Waals surface area (Å²) in [6.07, 6.45) is 0. The molecule has 1 atom stereocenters. The summed E-state index contributed by atoms with van der Waals surface area (Å²) in [6, 6.07) is 2.04. The maximum Gasteiger partial charge on any atom is 0.0565 e. The van der Waals surface area contributed by atoms with Crippen molar-refractivity contribution in [2.45, 2.75) is 12.3 Å². The number of hydrogen-bond acceptors (Lipinski definition) is 1. The van der Waals surface area contributed by atoms with Gasteiger partial charge in [-0.15, -0.1) is 11.6 Å². The highest BCUT2D eigenvalue weighted by Crippen LogP contribution is 2.20. The minimum atomic E-state index is 0.168. The van der Waals surface area contributed by atoms with Crippen LogP contribution in [0.2, 0.25) is 0 Å². The molecular weight excluding hydrogens is 140 g/mol. The predicted molar refractivity (Wildman–Crippen MR) is 38.6 cm³/mol. The van der Waals surface area contributed by atoms with E-state index in [2.05, 4.69) is 5.38 Å². The molecule has 1 aromatic rings. The van der Waals surface area contributed by atoms with Crippen LogP contribution >= 0.6 is 22.9 Å². The van der Waals surface area contributed by atoms with E-state index in [1.807, 2.05) is 18.4 Å². The van der Waals surface area contributed by atoms with Crippen molar-refractivity contribution in [2.75, 3.05) is 0 Å². The van der Waals surface area contributed by atoms with E-state index >= 15 is 0 Å². The highest BCUT2D eigenvalue weighted by Gasteiger charge is 1.97. The second-order valence-corrected chi connectivity index (χ2v) is 3.11. The zero-order valence-corrected chi connectivity index (χ0v) is 6.17. The first-order valence-corrected chi connectivity index (χ1v) is 3.85. The lowest BCUT2D eigenvalue weighted by molar-refractivity contribution is 1.10. The van der Waals surface area contributed by atoms with Gasteiger partial charge in [-0.25, -0.2) is 0 Å². The highest BCUT2D eigenvalue weighted by molar-refractivity contribution is 7.08. The molecule has 0 N–H and O–H groups in total. The molecule has 2 heteroatoms. The Hall–Kier alpha value is -0.0100. The van der Waals surface area contributed by atoms with Crippen LogP contribution in [0.1, 0.15) is 17.9 Å². The molecule has 1 aromatic heterocycles. The first-order chi connectivity index (χ1) is 3.80. The molecule has 0 saturated carbocycles. The molecule has 0 nitrogen and oxygen atoms in total. The molecule has 0 fully saturated rings. The van der Waals surface area contributed by atoms with Crippen molar-refractivity contribution in [1.82, 2.24) is 0 Å². The van der Waals surface area contributed by atoms with Gasteiger partial charge < -0.3 is 0 Å². The Kier molecular flexibility index (Phi) is 1.92. The molecule has 0 aromatic carbocycles. The summed E-state index contributed by atoms with van der Waals surface area (Å²) in [5.74, 6) is 0. The van der Waals surface area contributed by atoms with Crippen LogP contribution in [-0.4, -0.2) is 0 Å². The smallest absolute Gasteiger partial charge is 0.0565 e. The normalized spacial score (nSPS) is 13.8. The van der Waals surface area contributed by atoms with Crippen molar-refractivity contribution in [3.8, 4) is 0 Å². The Bertz CT molecular complexity index is 144. The zero-order chi connectivity index (χ0) is 5.98. The first kappa shape index (κ1) is 6.12. The molecule has 8 heavy (non-hydrogen) atoms. The molecule has 0 bridgehead atoms. The van der Waals surface area contributed by atoms with Crippen LogP contribution < -0.4 is 0 Å². The monoisotopic (exact) mass is 146 g/mol. The third-order valence-corrected chi connectivity index (χ3v) is 1.96. The molecule has 1 unspecified atom stereocenters. The second-order valence-electron chi connectivity index (χ2n) is 1.67. The maximum atomic E-state index is 5.75. The van der Waals surface area contributed by atoms with Gasteiger partial charge in [0.25, 0.3) is 0 Å². The van der Waals surface area contributed by atoms with E-state index in [0.717, 1.165) is 0 Å². The molecule has 0 aliphatic rings. The Labute approximate surface area is 58.1 Å². The molecule has 0 radical (unpaired) electrons. The lowest BCUT2D eigenvalue weighted by Crippen LogP contribution is -1.74. The number of alkyl halides is 1. The van der Waals surface area contributed by atoms with Gasteiger partial charge in [-0.1, -0.05) is 0 Å². The van der Waals surface area contributed by atoms with Crippen molar-refractivity contribution in [3.05, 3.63) is 22.4 Å². The van der Waals surface area contributed by atoms with Crippen LogP contribution in [0.3, 0.4) is 0 Å². The summed E-state index contributed by atoms with van der Waals surface area (Å²) >= 11 is 7.43. The average molecular weight is 147 g/mol. The van der Waals surface area contributed by atoms with Crippen molar-refractivity contribution in [3.63, 3.8) is 0 Å². The van der Waals surface area contributed by atoms with E-state index in [1.165, 1.54) is 5.56 Å². The third kappa shape index (κ3) is 1.23. The van der Waals surface area contributed by atoms with Crippen LogP contribution in [0.15, 0.2) is 16.8 Å². The summed E-state index contributed by atoms with van der Waals surface area (Å²) in [5, 5.41) is 4.27. The van der Waals surface area contributed by atoms with Gasteiger partial charge in [0, 0.05) is 0 Å². The first-order valence-electron chi connectivity index (χ1n) is 2.47. The third-order valence-electron chi connectivity index (χ3n) is 1.00. The van der Waals surface area contributed by atoms with E-state index in [9.17, 15) is 0 Å². The van der Waals surface area contributed by atoms with Crippen molar-refractivity contribution in [2.24, 2.45) is 0 Å². The Morgan fingerprint density at radius 2 is 2.50 bits per heavy atom. The fourth-order valence-electron chi connectivity index (χ4n) is 0.501. The number of halogens is 1. The van der Waals surface area contributed by atoms with Gasteiger partial charge in [-0.05, 0) is 29.3 Å². The summed E-state index contributed by atoms with van der Waals surface area (Å²) in [5.41, 5.74) is 1.22. The van der Waals surface area contributed by atoms with Crippen LogP contribution in [0, 0.1) is 0 Å². The largest absolute Gasteiger partial charge is 0.152 e. The van der Waals surface area contributed by atoms with E-state index in [-0.39, 0.29) is 5.38 Å². The molecule has 0 saturated heterocycles. The van der Waals surface area contributed by atoms with Gasteiger partial charge in [0.05, 0.1) is 5.38 Å². The lowest BCUT2D eigenvalue weighted by Gasteiger charge is -1.93. The fraction of sp³-hybridized carbons (Fsp3) is 0.333. The fourth-order valence-corrected chi connectivity index (χ4v) is 1.47. The minimum Gasteiger partial charge on any atom is -0.152 e. The molecule has 0 aliphatic carbocycles. The van der Waals surface area contributed by atoms with E-state index in [1.54, 1.807) is 11.3 Å². The molecule has 1 heterocycles. The Balaban J connectivity index is 2.77. The van der Waals surface area contributed by atoms with Crippen LogP contribution in [-0.2, 0) is 0 Å². The van der Waals surface area contributed by atoms with Crippen LogP contribution in [0.5, 0.6) is 0 Å². The van der Waals surface area contributed by atoms with Crippen molar-refractivity contribution in [1.29, 1.82) is 0 Å². The molecular formula is C6H7ClS. The van der Waals surface area contributed by atoms with E-state index in [4.69, 9.17) is 11.6 Å². The van der Waals surface area contributed by atoms with E-state index < -0.39 is 0 Å². The van der Waals surface area contributed by atoms with Gasteiger partial charge in [0.2, 0.25) is 0 Å². The van der Waals surface area contributed by atoms with Gasteiger partial charge >= 0.3 is 0 Å². The van der Waals surface area contributed by atoms with E-state index in [0.29, 0.717) is 0 Å². The quantitative estimate of drug-likeness (QED) is 0.535. The molecule has 1 rings (SSSR count). The minimum absolute atomic E-state index is 0.168. The van der Waals surface area contributed by atoms with Gasteiger partial charge in [0.15, 0.2) is 0 Å². The summed E-state index contributed by atoms with van der Waals surface area (Å²) in [6.45, 7) is 1.98. The zero-order valence-electron chi connectivity index (χ0n) is 4.60. The average Bonchev–Trinajstić information content (AvgIpc) is 2.12. The number of thiophene rings is 1. The molecule has 0 amide bonds. The maximum absolute atomic E-state index is 5.75. The van der Waals surface area contributed by atoms with Gasteiger partial charge in [-0.2, -0.15) is 11.3 Å². The predicted octanol–water partition coefficient (Wildman–Crippen LogP) is 3.05. The number of rotatable bonds is 1. The van der Waals surface area contributed by atoms with Gasteiger partial charge in [0.1, 0.15) is 0 Å². The Morgan fingerprint density at radius 3 is 2.75 bits per heavy atom. The summed E-state index contributed by atoms with van der Waals surface area (Å²) < 4.78 is 0. The van der Waals surface area contributed by atoms with Gasteiger partial charge in [-0.3, -0.25) is 0 Å². The van der Waals surface area contributed by atoms with Crippen molar-refractivity contribution >= 4 is 22.9 Å². The van der Waals surface area contributed by atoms with Crippen LogP contribution in [0.25, 0.3) is 0 Å². The SMILES string of the molecule is CC(Cl)c1ccsc1. The lowest BCUT2D eigenvalue weighted by atomic mass is 10.3. The van der Waals surface area contributed by atoms with Crippen LogP contribution in [0.4, 0.5) is 0 Å². The highest BCUT2D eigenvalue weighted by atomic mass is 35.5. The summed E-state index contributed by atoms with van der Waals surface area (Å²) in [7, 11) is 0. The Morgan fingerprint density at radius 1 is 1.75 bits per heavy atom. The standard InChI is InChI=1S/C6H7ClS/c1-5(7)6-2-3-8-4-6/h2-5H,1H3. The second kappa shape index (κ2) is 2.51. The molecule has 44 valence electrons. The topological polar surface area (TPSA) is 0 Å². The van der Waals surface area contributed by atoms with Crippen molar-refractivity contribution < 1.29 is 0 Å².